The number of rotatable bonds is 6. The normalized spacial score (nSPS) is 21.2. The summed E-state index contributed by atoms with van der Waals surface area (Å²) in [6.07, 6.45) is -0.321. The number of aliphatic hydroxyl groups is 1. The van der Waals surface area contributed by atoms with Crippen LogP contribution >= 0.6 is 0 Å². The summed E-state index contributed by atoms with van der Waals surface area (Å²) >= 11 is 0. The molecule has 1 heterocycles. The summed E-state index contributed by atoms with van der Waals surface area (Å²) in [6.45, 7) is 2.66. The Balaban J connectivity index is 1.96. The summed E-state index contributed by atoms with van der Waals surface area (Å²) in [7, 11) is 0. The quantitative estimate of drug-likeness (QED) is 0.798. The standard InChI is InChI=1S/C17H23NO6/c1-13-3-2-4-14(9-13)24-12-17(22)10-18(7-8-23-11-17)15(19)5-6-16(20)21/h2-4,9,22H,5-8,10-12H2,1H3,(H,20,21). The SMILES string of the molecule is Cc1cccc(OCC2(O)COCCN(C(=O)CCC(=O)O)C2)c1. The minimum Gasteiger partial charge on any atom is -0.490 e. The first-order valence-electron chi connectivity index (χ1n) is 7.87. The predicted molar refractivity (Wildman–Crippen MR) is 85.9 cm³/mol. The van der Waals surface area contributed by atoms with Crippen molar-refractivity contribution in [3.8, 4) is 5.75 Å². The molecule has 2 rings (SSSR count). The molecule has 1 fully saturated rings. The Morgan fingerprint density at radius 3 is 2.88 bits per heavy atom. The molecule has 7 heteroatoms. The second-order valence-electron chi connectivity index (χ2n) is 6.09. The van der Waals surface area contributed by atoms with Gasteiger partial charge in [0.15, 0.2) is 0 Å². The number of β-amino-alcohol motifs (C(OH)–C–C–N with tert-alkyl or cyclic N) is 1. The molecule has 0 aliphatic carbocycles. The second kappa shape index (κ2) is 8.12. The molecule has 132 valence electrons. The molecular weight excluding hydrogens is 314 g/mol. The highest BCUT2D eigenvalue weighted by atomic mass is 16.5. The summed E-state index contributed by atoms with van der Waals surface area (Å²) in [5.74, 6) is -0.694. The fourth-order valence-corrected chi connectivity index (χ4v) is 2.51. The smallest absolute Gasteiger partial charge is 0.303 e. The van der Waals surface area contributed by atoms with Crippen molar-refractivity contribution in [2.45, 2.75) is 25.4 Å². The number of carbonyl (C=O) groups is 2. The highest BCUT2D eigenvalue weighted by molar-refractivity contribution is 5.80. The van der Waals surface area contributed by atoms with Gasteiger partial charge in [-0.1, -0.05) is 12.1 Å². The van der Waals surface area contributed by atoms with Gasteiger partial charge in [-0.2, -0.15) is 0 Å². The van der Waals surface area contributed by atoms with Gasteiger partial charge in [-0.3, -0.25) is 9.59 Å². The van der Waals surface area contributed by atoms with Gasteiger partial charge in [-0.15, -0.1) is 0 Å². The zero-order chi connectivity index (χ0) is 17.6. The van der Waals surface area contributed by atoms with E-state index in [9.17, 15) is 14.7 Å². The van der Waals surface area contributed by atoms with Crippen LogP contribution in [0.15, 0.2) is 24.3 Å². The lowest BCUT2D eigenvalue weighted by molar-refractivity contribution is -0.142. The molecule has 24 heavy (non-hydrogen) atoms. The Labute approximate surface area is 140 Å². The molecule has 7 nitrogen and oxygen atoms in total. The number of nitrogens with zero attached hydrogens (tertiary/aromatic N) is 1. The van der Waals surface area contributed by atoms with Gasteiger partial charge in [0.05, 0.1) is 26.2 Å². The van der Waals surface area contributed by atoms with E-state index >= 15 is 0 Å². The molecule has 1 aliphatic rings. The van der Waals surface area contributed by atoms with Crippen molar-refractivity contribution < 1.29 is 29.3 Å². The number of aryl methyl sites for hydroxylation is 1. The number of aliphatic carboxylic acids is 1. The molecule has 0 radical (unpaired) electrons. The number of hydrogen-bond acceptors (Lipinski definition) is 5. The van der Waals surface area contributed by atoms with Crippen LogP contribution in [0.1, 0.15) is 18.4 Å². The van der Waals surface area contributed by atoms with Crippen molar-refractivity contribution in [1.82, 2.24) is 4.90 Å². The van der Waals surface area contributed by atoms with Gasteiger partial charge in [0.2, 0.25) is 5.91 Å². The first-order valence-corrected chi connectivity index (χ1v) is 7.87. The maximum Gasteiger partial charge on any atom is 0.303 e. The molecule has 0 spiro atoms. The minimum absolute atomic E-state index is 0.0147. The lowest BCUT2D eigenvalue weighted by Crippen LogP contribution is -2.50. The maximum atomic E-state index is 12.1. The van der Waals surface area contributed by atoms with E-state index in [4.69, 9.17) is 14.6 Å². The third-order valence-electron chi connectivity index (χ3n) is 3.76. The number of amides is 1. The molecule has 1 aliphatic heterocycles. The number of benzene rings is 1. The zero-order valence-corrected chi connectivity index (χ0v) is 13.7. The van der Waals surface area contributed by atoms with E-state index in [1.807, 2.05) is 25.1 Å². The summed E-state index contributed by atoms with van der Waals surface area (Å²) in [6, 6.07) is 7.46. The highest BCUT2D eigenvalue weighted by Crippen LogP contribution is 2.18. The third kappa shape index (κ3) is 5.50. The Morgan fingerprint density at radius 2 is 2.17 bits per heavy atom. The largest absolute Gasteiger partial charge is 0.490 e. The van der Waals surface area contributed by atoms with Crippen LogP contribution in [0.2, 0.25) is 0 Å². The molecule has 1 saturated heterocycles. The summed E-state index contributed by atoms with van der Waals surface area (Å²) in [5, 5.41) is 19.4. The Morgan fingerprint density at radius 1 is 1.38 bits per heavy atom. The summed E-state index contributed by atoms with van der Waals surface area (Å²) in [5.41, 5.74) is -0.291. The zero-order valence-electron chi connectivity index (χ0n) is 13.7. The molecular formula is C17H23NO6. The van der Waals surface area contributed by atoms with Crippen LogP contribution in [-0.2, 0) is 14.3 Å². The molecule has 1 atom stereocenters. The molecule has 1 aromatic rings. The van der Waals surface area contributed by atoms with E-state index in [1.165, 1.54) is 4.90 Å². The molecule has 1 unspecified atom stereocenters. The lowest BCUT2D eigenvalue weighted by atomic mass is 10.1. The predicted octanol–water partition coefficient (Wildman–Crippen LogP) is 0.829. The van der Waals surface area contributed by atoms with Crippen LogP contribution in [0.3, 0.4) is 0 Å². The van der Waals surface area contributed by atoms with E-state index in [0.29, 0.717) is 18.9 Å². The number of carboxylic acid groups (broad SMARTS) is 1. The molecule has 0 bridgehead atoms. The first-order chi connectivity index (χ1) is 11.4. The first kappa shape index (κ1) is 18.2. The maximum absolute atomic E-state index is 12.1. The van der Waals surface area contributed by atoms with E-state index in [0.717, 1.165) is 5.56 Å². The van der Waals surface area contributed by atoms with Gasteiger partial charge >= 0.3 is 5.97 Å². The molecule has 0 saturated carbocycles. The van der Waals surface area contributed by atoms with Crippen molar-refractivity contribution in [2.24, 2.45) is 0 Å². The van der Waals surface area contributed by atoms with E-state index in [1.54, 1.807) is 6.07 Å². The monoisotopic (exact) mass is 337 g/mol. The molecule has 0 aromatic heterocycles. The van der Waals surface area contributed by atoms with Crippen LogP contribution in [0.25, 0.3) is 0 Å². The third-order valence-corrected chi connectivity index (χ3v) is 3.76. The van der Waals surface area contributed by atoms with Crippen molar-refractivity contribution in [3.05, 3.63) is 29.8 Å². The van der Waals surface area contributed by atoms with Gasteiger partial charge < -0.3 is 24.6 Å². The topological polar surface area (TPSA) is 96.3 Å². The summed E-state index contributed by atoms with van der Waals surface area (Å²) < 4.78 is 11.0. The Hall–Kier alpha value is -2.12. The van der Waals surface area contributed by atoms with Crippen molar-refractivity contribution in [1.29, 1.82) is 0 Å². The van der Waals surface area contributed by atoms with Crippen LogP contribution in [0.4, 0.5) is 0 Å². The van der Waals surface area contributed by atoms with Gasteiger partial charge in [0.1, 0.15) is 18.0 Å². The second-order valence-corrected chi connectivity index (χ2v) is 6.09. The van der Waals surface area contributed by atoms with E-state index in [-0.39, 0.29) is 38.5 Å². The number of carbonyl (C=O) groups excluding carboxylic acids is 1. The highest BCUT2D eigenvalue weighted by Gasteiger charge is 2.35. The summed E-state index contributed by atoms with van der Waals surface area (Å²) in [4.78, 5) is 24.2. The average Bonchev–Trinajstić information content (AvgIpc) is 2.73. The van der Waals surface area contributed by atoms with Crippen LogP contribution in [-0.4, -0.2) is 65.5 Å². The van der Waals surface area contributed by atoms with Crippen molar-refractivity contribution >= 4 is 11.9 Å². The number of hydrogen-bond donors (Lipinski definition) is 2. The van der Waals surface area contributed by atoms with Crippen molar-refractivity contribution in [2.75, 3.05) is 32.9 Å². The molecule has 1 aromatic carbocycles. The lowest BCUT2D eigenvalue weighted by Gasteiger charge is -2.30. The average molecular weight is 337 g/mol. The molecule has 1 amide bonds. The number of ether oxygens (including phenoxy) is 2. The van der Waals surface area contributed by atoms with Crippen molar-refractivity contribution in [3.63, 3.8) is 0 Å². The fourth-order valence-electron chi connectivity index (χ4n) is 2.51. The van der Waals surface area contributed by atoms with Crippen LogP contribution in [0, 0.1) is 6.92 Å². The fraction of sp³-hybridized carbons (Fsp3) is 0.529. The Kier molecular flexibility index (Phi) is 6.16. The minimum atomic E-state index is -1.33. The van der Waals surface area contributed by atoms with E-state index < -0.39 is 11.6 Å². The Bertz CT molecular complexity index is 590. The van der Waals surface area contributed by atoms with Crippen LogP contribution in [0.5, 0.6) is 5.75 Å². The number of carboxylic acids is 1. The molecule has 2 N–H and O–H groups in total. The van der Waals surface area contributed by atoms with Crippen LogP contribution < -0.4 is 4.74 Å². The van der Waals surface area contributed by atoms with Gasteiger partial charge in [-0.05, 0) is 24.6 Å². The van der Waals surface area contributed by atoms with E-state index in [2.05, 4.69) is 0 Å². The van der Waals surface area contributed by atoms with Gasteiger partial charge in [0, 0.05) is 13.0 Å². The van der Waals surface area contributed by atoms with Gasteiger partial charge in [-0.25, -0.2) is 0 Å². The van der Waals surface area contributed by atoms with Gasteiger partial charge in [0.25, 0.3) is 0 Å².